The molecule has 2 aromatic carbocycles. The Balaban J connectivity index is 1.21. The van der Waals surface area contributed by atoms with Crippen molar-refractivity contribution in [2.45, 2.75) is 6.54 Å². The predicted molar refractivity (Wildman–Crippen MR) is 113 cm³/mol. The third kappa shape index (κ3) is 4.90. The van der Waals surface area contributed by atoms with Crippen LogP contribution in [0, 0.1) is 0 Å². The van der Waals surface area contributed by atoms with E-state index in [4.69, 9.17) is 9.47 Å². The fourth-order valence-corrected chi connectivity index (χ4v) is 3.66. The number of carbonyl (C=O) groups is 2. The van der Waals surface area contributed by atoms with Crippen LogP contribution in [0.3, 0.4) is 0 Å². The van der Waals surface area contributed by atoms with Gasteiger partial charge in [0.05, 0.1) is 6.54 Å². The van der Waals surface area contributed by atoms with Crippen molar-refractivity contribution < 1.29 is 19.1 Å². The van der Waals surface area contributed by atoms with Crippen LogP contribution in [0.15, 0.2) is 42.5 Å². The normalized spacial score (nSPS) is 16.3. The number of hydrogen-bond donors (Lipinski definition) is 2. The summed E-state index contributed by atoms with van der Waals surface area (Å²) in [6, 6.07) is 12.9. The van der Waals surface area contributed by atoms with E-state index in [0.717, 1.165) is 44.2 Å². The van der Waals surface area contributed by atoms with Crippen LogP contribution >= 0.6 is 0 Å². The van der Waals surface area contributed by atoms with Crippen molar-refractivity contribution in [2.24, 2.45) is 0 Å². The first kappa shape index (κ1) is 20.2. The molecule has 0 atom stereocenters. The summed E-state index contributed by atoms with van der Waals surface area (Å²) in [5.41, 5.74) is 2.45. The van der Waals surface area contributed by atoms with Gasteiger partial charge in [-0.3, -0.25) is 19.4 Å². The fourth-order valence-electron chi connectivity index (χ4n) is 3.66. The Morgan fingerprint density at radius 1 is 0.933 bits per heavy atom. The minimum absolute atomic E-state index is 0.0492. The van der Waals surface area contributed by atoms with E-state index in [1.54, 1.807) is 31.3 Å². The molecule has 4 rings (SSSR count). The second kappa shape index (κ2) is 9.15. The Kier molecular flexibility index (Phi) is 6.15. The zero-order chi connectivity index (χ0) is 20.9. The molecule has 8 nitrogen and oxygen atoms in total. The molecule has 0 unspecified atom stereocenters. The molecular formula is C22H26N4O4. The lowest BCUT2D eigenvalue weighted by molar-refractivity contribution is -0.117. The Hall–Kier alpha value is -3.10. The molecule has 2 aromatic rings. The number of rotatable bonds is 6. The molecule has 2 N–H and O–H groups in total. The van der Waals surface area contributed by atoms with Crippen LogP contribution in [0.1, 0.15) is 15.9 Å². The van der Waals surface area contributed by atoms with Gasteiger partial charge in [0.25, 0.3) is 5.91 Å². The molecule has 0 aliphatic carbocycles. The number of ether oxygens (including phenoxy) is 2. The van der Waals surface area contributed by atoms with E-state index in [1.807, 2.05) is 12.1 Å². The number of carbonyl (C=O) groups excluding carboxylic acids is 2. The summed E-state index contributed by atoms with van der Waals surface area (Å²) >= 11 is 0. The quantitative estimate of drug-likeness (QED) is 0.752. The Morgan fingerprint density at radius 2 is 1.63 bits per heavy atom. The molecule has 0 aromatic heterocycles. The summed E-state index contributed by atoms with van der Waals surface area (Å²) in [6.07, 6.45) is 0. The van der Waals surface area contributed by atoms with E-state index in [9.17, 15) is 9.59 Å². The maximum atomic E-state index is 12.4. The molecule has 158 valence electrons. The van der Waals surface area contributed by atoms with Gasteiger partial charge >= 0.3 is 0 Å². The molecule has 30 heavy (non-hydrogen) atoms. The highest BCUT2D eigenvalue weighted by Crippen LogP contribution is 2.32. The van der Waals surface area contributed by atoms with E-state index < -0.39 is 0 Å². The Bertz CT molecular complexity index is 908. The van der Waals surface area contributed by atoms with Crippen molar-refractivity contribution in [1.29, 1.82) is 0 Å². The third-order valence-corrected chi connectivity index (χ3v) is 5.33. The van der Waals surface area contributed by atoms with Crippen LogP contribution in [0.5, 0.6) is 11.5 Å². The van der Waals surface area contributed by atoms with Crippen molar-refractivity contribution in [2.75, 3.05) is 51.9 Å². The summed E-state index contributed by atoms with van der Waals surface area (Å²) in [4.78, 5) is 28.5. The lowest BCUT2D eigenvalue weighted by atomic mass is 10.1. The van der Waals surface area contributed by atoms with Crippen LogP contribution in [-0.2, 0) is 11.3 Å². The van der Waals surface area contributed by atoms with Crippen LogP contribution in [0.4, 0.5) is 5.69 Å². The van der Waals surface area contributed by atoms with Gasteiger partial charge in [-0.25, -0.2) is 0 Å². The maximum Gasteiger partial charge on any atom is 0.251 e. The number of piperazine rings is 1. The first-order valence-electron chi connectivity index (χ1n) is 10.1. The Morgan fingerprint density at radius 3 is 2.37 bits per heavy atom. The van der Waals surface area contributed by atoms with Crippen molar-refractivity contribution >= 4 is 17.5 Å². The number of nitrogens with one attached hydrogen (secondary N) is 2. The van der Waals surface area contributed by atoms with E-state index >= 15 is 0 Å². The van der Waals surface area contributed by atoms with Crippen molar-refractivity contribution in [1.82, 2.24) is 15.1 Å². The molecule has 2 heterocycles. The van der Waals surface area contributed by atoms with E-state index in [0.29, 0.717) is 17.8 Å². The molecule has 0 spiro atoms. The highest BCUT2D eigenvalue weighted by atomic mass is 16.7. The lowest BCUT2D eigenvalue weighted by Crippen LogP contribution is -2.48. The average Bonchev–Trinajstić information content (AvgIpc) is 3.23. The van der Waals surface area contributed by atoms with Crippen molar-refractivity contribution in [3.63, 3.8) is 0 Å². The second-order valence-electron chi connectivity index (χ2n) is 7.44. The van der Waals surface area contributed by atoms with E-state index in [1.165, 1.54) is 5.56 Å². The molecule has 0 bridgehead atoms. The van der Waals surface area contributed by atoms with Gasteiger partial charge in [0.1, 0.15) is 0 Å². The van der Waals surface area contributed by atoms with Gasteiger partial charge in [0.15, 0.2) is 11.5 Å². The molecule has 0 radical (unpaired) electrons. The summed E-state index contributed by atoms with van der Waals surface area (Å²) in [5, 5.41) is 5.47. The van der Waals surface area contributed by atoms with Gasteiger partial charge in [-0.15, -0.1) is 0 Å². The highest BCUT2D eigenvalue weighted by Gasteiger charge is 2.20. The highest BCUT2D eigenvalue weighted by molar-refractivity contribution is 5.96. The molecule has 2 amide bonds. The zero-order valence-electron chi connectivity index (χ0n) is 17.0. The first-order valence-corrected chi connectivity index (χ1v) is 10.1. The molecule has 1 saturated heterocycles. The van der Waals surface area contributed by atoms with Gasteiger partial charge in [-0.05, 0) is 42.0 Å². The molecular weight excluding hydrogens is 384 g/mol. The predicted octanol–water partition coefficient (Wildman–Crippen LogP) is 1.53. The molecule has 1 fully saturated rings. The zero-order valence-corrected chi connectivity index (χ0v) is 17.0. The number of amides is 2. The number of nitrogens with zero attached hydrogens (tertiary/aromatic N) is 2. The third-order valence-electron chi connectivity index (χ3n) is 5.33. The summed E-state index contributed by atoms with van der Waals surface area (Å²) in [6.45, 7) is 4.99. The topological polar surface area (TPSA) is 83.1 Å². The van der Waals surface area contributed by atoms with Gasteiger partial charge in [-0.1, -0.05) is 6.07 Å². The SMILES string of the molecule is CNC(=O)c1ccc(NC(=O)CN2CCN(Cc3ccc4c(c3)OCO4)CC2)cc1. The smallest absolute Gasteiger partial charge is 0.251 e. The van der Waals surface area contributed by atoms with Gasteiger partial charge in [0.2, 0.25) is 12.7 Å². The monoisotopic (exact) mass is 410 g/mol. The van der Waals surface area contributed by atoms with Crippen molar-refractivity contribution in [3.05, 3.63) is 53.6 Å². The maximum absolute atomic E-state index is 12.4. The van der Waals surface area contributed by atoms with E-state index in [2.05, 4.69) is 26.5 Å². The number of hydrogen-bond acceptors (Lipinski definition) is 6. The van der Waals surface area contributed by atoms with Crippen molar-refractivity contribution in [3.8, 4) is 11.5 Å². The van der Waals surface area contributed by atoms with Crippen LogP contribution in [0.2, 0.25) is 0 Å². The number of anilines is 1. The van der Waals surface area contributed by atoms with Crippen LogP contribution in [-0.4, -0.2) is 68.2 Å². The minimum Gasteiger partial charge on any atom is -0.454 e. The first-order chi connectivity index (χ1) is 14.6. The van der Waals surface area contributed by atoms with Crippen LogP contribution in [0.25, 0.3) is 0 Å². The van der Waals surface area contributed by atoms with Gasteiger partial charge < -0.3 is 20.1 Å². The molecule has 0 saturated carbocycles. The Labute approximate surface area is 175 Å². The second-order valence-corrected chi connectivity index (χ2v) is 7.44. The number of benzene rings is 2. The molecule has 2 aliphatic rings. The summed E-state index contributed by atoms with van der Waals surface area (Å²) in [7, 11) is 1.59. The average molecular weight is 410 g/mol. The number of fused-ring (bicyclic) bond motifs is 1. The standard InChI is InChI=1S/C22H26N4O4/c1-23-22(28)17-3-5-18(6-4-17)24-21(27)14-26-10-8-25(9-11-26)13-16-2-7-19-20(12-16)30-15-29-19/h2-7,12H,8-11,13-15H2,1H3,(H,23,28)(H,24,27). The van der Waals surface area contributed by atoms with E-state index in [-0.39, 0.29) is 18.6 Å². The van der Waals surface area contributed by atoms with Gasteiger partial charge in [-0.2, -0.15) is 0 Å². The van der Waals surface area contributed by atoms with Crippen LogP contribution < -0.4 is 20.1 Å². The minimum atomic E-state index is -0.147. The van der Waals surface area contributed by atoms with Gasteiger partial charge in [0, 0.05) is 51.0 Å². The molecule has 8 heteroatoms. The lowest BCUT2D eigenvalue weighted by Gasteiger charge is -2.34. The fraction of sp³-hybridized carbons (Fsp3) is 0.364. The largest absolute Gasteiger partial charge is 0.454 e. The summed E-state index contributed by atoms with van der Waals surface area (Å²) in [5.74, 6) is 1.42. The summed E-state index contributed by atoms with van der Waals surface area (Å²) < 4.78 is 10.8. The molecule has 2 aliphatic heterocycles.